The van der Waals surface area contributed by atoms with E-state index < -0.39 is 5.97 Å². The van der Waals surface area contributed by atoms with Crippen LogP contribution in [0.4, 0.5) is 0 Å². The number of thiophene rings is 1. The lowest BCUT2D eigenvalue weighted by molar-refractivity contribution is -0.136. The van der Waals surface area contributed by atoms with Crippen LogP contribution in [0.25, 0.3) is 11.4 Å². The first-order chi connectivity index (χ1) is 7.15. The van der Waals surface area contributed by atoms with Crippen molar-refractivity contribution in [2.75, 3.05) is 0 Å². The highest BCUT2D eigenvalue weighted by Crippen LogP contribution is 2.22. The van der Waals surface area contributed by atoms with Crippen molar-refractivity contribution in [2.24, 2.45) is 0 Å². The number of carbonyl (C=O) groups is 1. The number of nitrogens with zero attached hydrogens (tertiary/aromatic N) is 2. The molecule has 0 unspecified atom stereocenters. The highest BCUT2D eigenvalue weighted by molar-refractivity contribution is 7.10. The summed E-state index contributed by atoms with van der Waals surface area (Å²) < 4.78 is 4.80. The average Bonchev–Trinajstić information content (AvgIpc) is 2.72. The molecule has 2 rings (SSSR count). The standard InChI is InChI=1S/C9H8N2O3S/c1-5-2-6(4-15-5)9-10-7(14-11-9)3-8(12)13/h2,4H,3H2,1H3,(H,12,13). The van der Waals surface area contributed by atoms with Gasteiger partial charge in [-0.3, -0.25) is 4.79 Å². The Morgan fingerprint density at radius 1 is 1.67 bits per heavy atom. The SMILES string of the molecule is Cc1cc(-c2noc(CC(=O)O)n2)cs1. The van der Waals surface area contributed by atoms with Crippen LogP contribution < -0.4 is 0 Å². The predicted molar refractivity (Wildman–Crippen MR) is 53.7 cm³/mol. The van der Waals surface area contributed by atoms with Crippen LogP contribution in [0.2, 0.25) is 0 Å². The van der Waals surface area contributed by atoms with Crippen molar-refractivity contribution in [2.45, 2.75) is 13.3 Å². The Labute approximate surface area is 89.4 Å². The molecule has 5 nitrogen and oxygen atoms in total. The van der Waals surface area contributed by atoms with Gasteiger partial charge in [-0.1, -0.05) is 5.16 Å². The van der Waals surface area contributed by atoms with Crippen LogP contribution in [0, 0.1) is 6.92 Å². The van der Waals surface area contributed by atoms with Crippen LogP contribution in [-0.4, -0.2) is 21.2 Å². The van der Waals surface area contributed by atoms with E-state index in [-0.39, 0.29) is 12.3 Å². The first-order valence-corrected chi connectivity index (χ1v) is 5.13. The summed E-state index contributed by atoms with van der Waals surface area (Å²) in [5.74, 6) is -0.413. The maximum atomic E-state index is 10.4. The molecule has 0 fully saturated rings. The number of rotatable bonds is 3. The molecule has 0 saturated heterocycles. The van der Waals surface area contributed by atoms with Gasteiger partial charge in [-0.05, 0) is 13.0 Å². The van der Waals surface area contributed by atoms with Crippen molar-refractivity contribution in [1.29, 1.82) is 0 Å². The summed E-state index contributed by atoms with van der Waals surface area (Å²) in [5.41, 5.74) is 0.859. The van der Waals surface area contributed by atoms with Gasteiger partial charge < -0.3 is 9.63 Å². The molecule has 0 spiro atoms. The van der Waals surface area contributed by atoms with Gasteiger partial charge >= 0.3 is 5.97 Å². The lowest BCUT2D eigenvalue weighted by Crippen LogP contribution is -1.99. The number of hydrogen-bond donors (Lipinski definition) is 1. The lowest BCUT2D eigenvalue weighted by Gasteiger charge is -1.84. The van der Waals surface area contributed by atoms with Crippen molar-refractivity contribution < 1.29 is 14.4 Å². The second kappa shape index (κ2) is 3.82. The quantitative estimate of drug-likeness (QED) is 0.859. The largest absolute Gasteiger partial charge is 0.481 e. The molecule has 78 valence electrons. The fourth-order valence-electron chi connectivity index (χ4n) is 1.13. The predicted octanol–water partition coefficient (Wildman–Crippen LogP) is 1.73. The Morgan fingerprint density at radius 2 is 2.47 bits per heavy atom. The van der Waals surface area contributed by atoms with Gasteiger partial charge in [0.25, 0.3) is 0 Å². The van der Waals surface area contributed by atoms with Crippen LogP contribution in [0.1, 0.15) is 10.8 Å². The monoisotopic (exact) mass is 224 g/mol. The van der Waals surface area contributed by atoms with Crippen molar-refractivity contribution in [3.63, 3.8) is 0 Å². The molecular formula is C9H8N2O3S. The molecule has 0 radical (unpaired) electrons. The lowest BCUT2D eigenvalue weighted by atomic mass is 10.3. The van der Waals surface area contributed by atoms with Crippen molar-refractivity contribution >= 4 is 17.3 Å². The van der Waals surface area contributed by atoms with E-state index in [1.165, 1.54) is 0 Å². The minimum atomic E-state index is -0.980. The number of aliphatic carboxylic acids is 1. The summed E-state index contributed by atoms with van der Waals surface area (Å²) in [6.07, 6.45) is -0.240. The zero-order chi connectivity index (χ0) is 10.8. The Morgan fingerprint density at radius 3 is 3.07 bits per heavy atom. The summed E-state index contributed by atoms with van der Waals surface area (Å²) in [6, 6.07) is 1.93. The molecule has 0 aliphatic heterocycles. The Hall–Kier alpha value is -1.69. The van der Waals surface area contributed by atoms with Gasteiger partial charge in [0.2, 0.25) is 11.7 Å². The highest BCUT2D eigenvalue weighted by atomic mass is 32.1. The van der Waals surface area contributed by atoms with Gasteiger partial charge in [-0.25, -0.2) is 0 Å². The number of aromatic nitrogens is 2. The van der Waals surface area contributed by atoms with E-state index in [9.17, 15) is 4.79 Å². The van der Waals surface area contributed by atoms with Crippen LogP contribution in [0.15, 0.2) is 16.0 Å². The molecule has 6 heteroatoms. The van der Waals surface area contributed by atoms with Crippen LogP contribution in [0.5, 0.6) is 0 Å². The number of hydrogen-bond acceptors (Lipinski definition) is 5. The van der Waals surface area contributed by atoms with E-state index in [0.29, 0.717) is 5.82 Å². The number of carboxylic acid groups (broad SMARTS) is 1. The van der Waals surface area contributed by atoms with Gasteiger partial charge in [0.1, 0.15) is 6.42 Å². The van der Waals surface area contributed by atoms with Gasteiger partial charge in [-0.2, -0.15) is 4.98 Å². The van der Waals surface area contributed by atoms with Crippen LogP contribution in [0.3, 0.4) is 0 Å². The van der Waals surface area contributed by atoms with Crippen molar-refractivity contribution in [3.8, 4) is 11.4 Å². The summed E-state index contributed by atoms with van der Waals surface area (Å²) in [5, 5.41) is 14.1. The second-order valence-electron chi connectivity index (χ2n) is 3.03. The van der Waals surface area contributed by atoms with Gasteiger partial charge in [-0.15, -0.1) is 11.3 Å². The molecule has 2 heterocycles. The first kappa shape index (κ1) is 9.85. The van der Waals surface area contributed by atoms with Crippen molar-refractivity contribution in [1.82, 2.24) is 10.1 Å². The molecule has 0 atom stereocenters. The molecule has 0 saturated carbocycles. The molecule has 0 aliphatic rings. The van der Waals surface area contributed by atoms with Gasteiger partial charge in [0.05, 0.1) is 0 Å². The third kappa shape index (κ3) is 2.21. The zero-order valence-corrected chi connectivity index (χ0v) is 8.74. The highest BCUT2D eigenvalue weighted by Gasteiger charge is 2.12. The Bertz CT molecular complexity index is 489. The smallest absolute Gasteiger partial charge is 0.312 e. The second-order valence-corrected chi connectivity index (χ2v) is 4.14. The zero-order valence-electron chi connectivity index (χ0n) is 7.93. The van der Waals surface area contributed by atoms with E-state index in [0.717, 1.165) is 10.4 Å². The average molecular weight is 224 g/mol. The number of aryl methyl sites for hydroxylation is 1. The molecule has 15 heavy (non-hydrogen) atoms. The molecule has 0 bridgehead atoms. The van der Waals surface area contributed by atoms with Crippen LogP contribution >= 0.6 is 11.3 Å². The number of carboxylic acids is 1. The minimum Gasteiger partial charge on any atom is -0.481 e. The third-order valence-corrected chi connectivity index (χ3v) is 2.62. The fourth-order valence-corrected chi connectivity index (χ4v) is 1.82. The van der Waals surface area contributed by atoms with Crippen molar-refractivity contribution in [3.05, 3.63) is 22.2 Å². The van der Waals surface area contributed by atoms with E-state index in [4.69, 9.17) is 9.63 Å². The molecule has 1 N–H and O–H groups in total. The van der Waals surface area contributed by atoms with E-state index in [2.05, 4.69) is 10.1 Å². The van der Waals surface area contributed by atoms with Gasteiger partial charge in [0, 0.05) is 15.8 Å². The van der Waals surface area contributed by atoms with E-state index >= 15 is 0 Å². The van der Waals surface area contributed by atoms with Crippen LogP contribution in [-0.2, 0) is 11.2 Å². The Kier molecular flexibility index (Phi) is 2.51. The molecule has 2 aromatic rings. The maximum absolute atomic E-state index is 10.4. The fraction of sp³-hybridized carbons (Fsp3) is 0.222. The minimum absolute atomic E-state index is 0.126. The molecule has 0 aromatic carbocycles. The normalized spacial score (nSPS) is 10.5. The summed E-state index contributed by atoms with van der Waals surface area (Å²) in [6.45, 7) is 1.98. The Balaban J connectivity index is 2.23. The summed E-state index contributed by atoms with van der Waals surface area (Å²) in [7, 11) is 0. The third-order valence-electron chi connectivity index (χ3n) is 1.76. The summed E-state index contributed by atoms with van der Waals surface area (Å²) in [4.78, 5) is 15.5. The maximum Gasteiger partial charge on any atom is 0.312 e. The molecular weight excluding hydrogens is 216 g/mol. The molecule has 2 aromatic heterocycles. The first-order valence-electron chi connectivity index (χ1n) is 4.25. The summed E-state index contributed by atoms with van der Waals surface area (Å²) >= 11 is 1.58. The molecule has 0 amide bonds. The molecule has 0 aliphatic carbocycles. The van der Waals surface area contributed by atoms with E-state index in [1.807, 2.05) is 18.4 Å². The van der Waals surface area contributed by atoms with E-state index in [1.54, 1.807) is 11.3 Å². The van der Waals surface area contributed by atoms with Gasteiger partial charge in [0.15, 0.2) is 0 Å². The topological polar surface area (TPSA) is 76.2 Å².